The van der Waals surface area contributed by atoms with Gasteiger partial charge in [0.05, 0.1) is 12.5 Å². The number of rotatable bonds is 1. The third kappa shape index (κ3) is 1.90. The average molecular weight is 141 g/mol. The predicted molar refractivity (Wildman–Crippen MR) is 41.8 cm³/mol. The molecule has 0 atom stereocenters. The lowest BCUT2D eigenvalue weighted by Gasteiger charge is -1.90. The van der Waals surface area contributed by atoms with Crippen LogP contribution in [0.2, 0.25) is 0 Å². The quantitative estimate of drug-likeness (QED) is 0.472. The summed E-state index contributed by atoms with van der Waals surface area (Å²) in [5.41, 5.74) is -0.226. The van der Waals surface area contributed by atoms with Gasteiger partial charge in [0, 0.05) is 6.92 Å². The van der Waals surface area contributed by atoms with E-state index in [-0.39, 0.29) is 11.6 Å². The molecule has 1 rings (SSSR count). The zero-order valence-corrected chi connectivity index (χ0v) is 5.36. The van der Waals surface area contributed by atoms with Crippen molar-refractivity contribution in [1.29, 1.82) is 1.43 Å². The van der Waals surface area contributed by atoms with E-state index in [1.165, 1.54) is 6.92 Å². The number of nitrogens with zero attached hydrogens (tertiary/aromatic N) is 1. The predicted octanol–water partition coefficient (Wildman–Crippen LogP) is 2.29. The molecular weight excluding hydrogens is 126 g/mol. The van der Waals surface area contributed by atoms with Crippen LogP contribution < -0.4 is 0 Å². The Morgan fingerprint density at radius 3 is 2.90 bits per heavy atom. The minimum atomic E-state index is -0.474. The Morgan fingerprint density at radius 1 is 1.60 bits per heavy atom. The molecule has 0 aromatic heterocycles. The molecule has 1 N–H and O–H groups in total. The van der Waals surface area contributed by atoms with E-state index in [1.54, 1.807) is 0 Å². The number of aliphatic hydroxyl groups excluding tert-OH is 1. The first-order valence-corrected chi connectivity index (χ1v) is 2.65. The third-order valence-electron chi connectivity index (χ3n) is 0.756. The van der Waals surface area contributed by atoms with Crippen LogP contribution in [0.3, 0.4) is 0 Å². The minimum Gasteiger partial charge on any atom is -0.497 e. The zero-order chi connectivity index (χ0) is 12.5. The molecular formula is C8H9NO. The van der Waals surface area contributed by atoms with Gasteiger partial charge < -0.3 is 5.11 Å². The first-order valence-electron chi connectivity index (χ1n) is 5.56. The first kappa shape index (κ1) is 2.38. The van der Waals surface area contributed by atoms with E-state index in [4.69, 9.17) is 8.28 Å². The van der Waals surface area contributed by atoms with Crippen molar-refractivity contribution in [3.05, 3.63) is 30.2 Å². The van der Waals surface area contributed by atoms with Gasteiger partial charge in [-0.1, -0.05) is 18.1 Å². The highest BCUT2D eigenvalue weighted by Crippen LogP contribution is 2.08. The third-order valence-corrected chi connectivity index (χ3v) is 0.756. The normalized spacial score (nSPS) is 19.5. The minimum absolute atomic E-state index is 0.0986. The number of hydrogen-bond donors (Lipinski definition) is 1. The van der Waals surface area contributed by atoms with Crippen molar-refractivity contribution >= 4 is 11.6 Å². The van der Waals surface area contributed by atoms with Gasteiger partial charge in [-0.05, 0) is 12.1 Å². The van der Waals surface area contributed by atoms with E-state index < -0.39 is 30.2 Å². The summed E-state index contributed by atoms with van der Waals surface area (Å²) in [6.45, 7) is 1.35. The second-order valence-corrected chi connectivity index (χ2v) is 1.60. The lowest BCUT2D eigenvalue weighted by atomic mass is 10.3. The van der Waals surface area contributed by atoms with E-state index in [0.717, 1.165) is 0 Å². The van der Waals surface area contributed by atoms with Crippen molar-refractivity contribution in [2.24, 2.45) is 4.99 Å². The van der Waals surface area contributed by atoms with Gasteiger partial charge in [0.15, 0.2) is 5.90 Å². The molecule has 0 unspecified atom stereocenters. The van der Waals surface area contributed by atoms with Crippen LogP contribution in [0, 0.1) is 0 Å². The monoisotopic (exact) mass is 141 g/mol. The van der Waals surface area contributed by atoms with E-state index in [9.17, 15) is 0 Å². The molecule has 0 heterocycles. The molecule has 2 heteroatoms. The fourth-order valence-electron chi connectivity index (χ4n) is 0.457. The van der Waals surface area contributed by atoms with E-state index >= 15 is 0 Å². The number of para-hydroxylation sites is 1. The molecule has 1 aromatic carbocycles. The highest BCUT2D eigenvalue weighted by molar-refractivity contribution is 5.74. The summed E-state index contributed by atoms with van der Waals surface area (Å²) in [4.78, 5) is 3.65. The Bertz CT molecular complexity index is 429. The van der Waals surface area contributed by atoms with Crippen LogP contribution in [-0.4, -0.2) is 11.0 Å². The van der Waals surface area contributed by atoms with E-state index in [1.807, 2.05) is 0 Å². The second-order valence-electron chi connectivity index (χ2n) is 1.60. The average Bonchev–Trinajstić information content (AvgIpc) is 2.29. The van der Waals surface area contributed by atoms with E-state index in [2.05, 4.69) is 10.1 Å². The maximum Gasteiger partial charge on any atom is 0.294 e. The summed E-state index contributed by atoms with van der Waals surface area (Å²) in [6.07, 6.45) is 0. The van der Waals surface area contributed by atoms with Crippen molar-refractivity contribution in [3.63, 3.8) is 0 Å². The standard InChI is InChI=1S/C8H9NO/c1-7(10)9-8-5-3-2-4-6-8/h2-6H,1H3,(H,9,10)/i2D,3D,4D,5D,6D/hD. The molecule has 0 saturated heterocycles. The summed E-state index contributed by atoms with van der Waals surface area (Å²) < 4.78 is 43.7. The molecule has 52 valence electrons. The van der Waals surface area contributed by atoms with Crippen molar-refractivity contribution in [2.45, 2.75) is 6.92 Å². The van der Waals surface area contributed by atoms with Crippen molar-refractivity contribution in [2.75, 3.05) is 0 Å². The fourth-order valence-corrected chi connectivity index (χ4v) is 0.457. The molecule has 0 radical (unpaired) electrons. The molecule has 2 nitrogen and oxygen atoms in total. The second kappa shape index (κ2) is 3.01. The lowest BCUT2D eigenvalue weighted by Crippen LogP contribution is -1.82. The van der Waals surface area contributed by atoms with Crippen LogP contribution in [0.5, 0.6) is 0 Å². The molecule has 0 aliphatic carbocycles. The summed E-state index contributed by atoms with van der Waals surface area (Å²) in [6, 6.07) is -2.22. The maximum absolute atomic E-state index is 7.51. The van der Waals surface area contributed by atoms with Gasteiger partial charge in [0.25, 0.3) is 1.43 Å². The highest BCUT2D eigenvalue weighted by Gasteiger charge is 1.84. The lowest BCUT2D eigenvalue weighted by molar-refractivity contribution is 0.548. The Morgan fingerprint density at radius 2 is 2.30 bits per heavy atom. The number of hydrogen-bond acceptors (Lipinski definition) is 2. The number of aliphatic hydroxyl groups is 1. The smallest absolute Gasteiger partial charge is 0.294 e. The highest BCUT2D eigenvalue weighted by atomic mass is 16.3. The van der Waals surface area contributed by atoms with Crippen molar-refractivity contribution in [3.8, 4) is 0 Å². The van der Waals surface area contributed by atoms with Crippen LogP contribution in [0.4, 0.5) is 5.69 Å². The first-order chi connectivity index (χ1) is 7.40. The maximum atomic E-state index is 7.51. The van der Waals surface area contributed by atoms with Crippen LogP contribution in [0.25, 0.3) is 1.43 Å². The number of aliphatic imine (C=N–C) groups is 1. The van der Waals surface area contributed by atoms with Gasteiger partial charge in [-0.25, -0.2) is 4.99 Å². The SMILES string of the molecule is [2H]OC(C)=Nc1c([2H])c([2H])c([2H])c([2H])c1[2H]. The molecule has 0 saturated carbocycles. The summed E-state index contributed by atoms with van der Waals surface area (Å²) in [5.74, 6) is -0.0986. The zero-order valence-electron chi connectivity index (χ0n) is 11.4. The fraction of sp³-hybridized carbons (Fsp3) is 0.125. The van der Waals surface area contributed by atoms with Gasteiger partial charge in [-0.3, -0.25) is 0 Å². The van der Waals surface area contributed by atoms with Crippen molar-refractivity contribution in [1.82, 2.24) is 0 Å². The molecule has 0 bridgehead atoms. The van der Waals surface area contributed by atoms with Gasteiger partial charge in [0.1, 0.15) is 0 Å². The summed E-state index contributed by atoms with van der Waals surface area (Å²) in [7, 11) is 0. The van der Waals surface area contributed by atoms with Gasteiger partial charge in [-0.2, -0.15) is 0 Å². The Balaban J connectivity index is 3.52. The Hall–Kier alpha value is -1.31. The van der Waals surface area contributed by atoms with Gasteiger partial charge in [0.2, 0.25) is 0 Å². The molecule has 0 fully saturated rings. The Kier molecular flexibility index (Phi) is 0.717. The Labute approximate surface area is 68.4 Å². The van der Waals surface area contributed by atoms with Crippen LogP contribution in [0.15, 0.2) is 35.2 Å². The molecule has 0 amide bonds. The van der Waals surface area contributed by atoms with Crippen LogP contribution in [-0.2, 0) is 0 Å². The summed E-state index contributed by atoms with van der Waals surface area (Å²) >= 11 is 0. The molecule has 1 aromatic rings. The molecule has 0 aliphatic heterocycles. The molecule has 0 aliphatic rings. The van der Waals surface area contributed by atoms with E-state index in [0.29, 0.717) is 0 Å². The van der Waals surface area contributed by atoms with Crippen molar-refractivity contribution < 1.29 is 12.0 Å². The van der Waals surface area contributed by atoms with Gasteiger partial charge >= 0.3 is 0 Å². The van der Waals surface area contributed by atoms with Crippen LogP contribution in [0.1, 0.15) is 13.8 Å². The molecule has 0 spiro atoms. The van der Waals surface area contributed by atoms with Crippen LogP contribution >= 0.6 is 0 Å². The summed E-state index contributed by atoms with van der Waals surface area (Å²) in [5, 5.41) is 4.04. The molecule has 10 heavy (non-hydrogen) atoms. The largest absolute Gasteiger partial charge is 0.497 e. The topological polar surface area (TPSA) is 32.6 Å². The number of benzene rings is 1. The van der Waals surface area contributed by atoms with Gasteiger partial charge in [-0.15, -0.1) is 0 Å².